The lowest BCUT2D eigenvalue weighted by Crippen LogP contribution is -2.42. The second-order valence-electron chi connectivity index (χ2n) is 4.65. The number of hydrogen-bond acceptors (Lipinski definition) is 3. The van der Waals surface area contributed by atoms with E-state index in [4.69, 9.17) is 0 Å². The second kappa shape index (κ2) is 5.43. The molecule has 1 heterocycles. The highest BCUT2D eigenvalue weighted by atomic mass is 16.3. The molecule has 1 aromatic rings. The number of carbonyl (C=O) groups excluding carboxylic acids is 1. The Morgan fingerprint density at radius 2 is 1.82 bits per heavy atom. The Balaban J connectivity index is 2.18. The Morgan fingerprint density at radius 3 is 2.35 bits per heavy atom. The molecule has 2 unspecified atom stereocenters. The maximum Gasteiger partial charge on any atom is 0.149 e. The molecule has 2 atom stereocenters. The second-order valence-corrected chi connectivity index (χ2v) is 4.65. The van der Waals surface area contributed by atoms with Crippen molar-refractivity contribution < 1.29 is 9.90 Å². The van der Waals surface area contributed by atoms with Crippen LogP contribution in [-0.4, -0.2) is 34.9 Å². The number of carbonyl (C=O) groups is 1. The number of aliphatic hydroxyl groups excluding tert-OH is 1. The summed E-state index contributed by atoms with van der Waals surface area (Å²) < 4.78 is 0. The summed E-state index contributed by atoms with van der Waals surface area (Å²) in [6.07, 6.45) is 1.52. The van der Waals surface area contributed by atoms with Crippen LogP contribution in [0.3, 0.4) is 0 Å². The predicted molar refractivity (Wildman–Crippen MR) is 66.7 cm³/mol. The number of Topliss-reactive ketones (excluding diaryl/α,β-unsaturated/α-hetero) is 1. The molecule has 92 valence electrons. The predicted octanol–water partition coefficient (Wildman–Crippen LogP) is 1.77. The van der Waals surface area contributed by atoms with Crippen LogP contribution in [0.15, 0.2) is 30.3 Å². The fraction of sp³-hybridized carbons (Fsp3) is 0.500. The molecule has 2 rings (SSSR count). The first-order valence-electron chi connectivity index (χ1n) is 6.17. The van der Waals surface area contributed by atoms with Gasteiger partial charge in [-0.3, -0.25) is 9.69 Å². The largest absolute Gasteiger partial charge is 0.386 e. The van der Waals surface area contributed by atoms with Crippen LogP contribution >= 0.6 is 0 Å². The third-order valence-electron chi connectivity index (χ3n) is 3.39. The third-order valence-corrected chi connectivity index (χ3v) is 3.39. The number of likely N-dealkylation sites (tertiary alicyclic amines) is 1. The molecule has 1 aromatic carbocycles. The van der Waals surface area contributed by atoms with E-state index in [0.717, 1.165) is 31.5 Å². The monoisotopic (exact) mass is 233 g/mol. The first-order valence-corrected chi connectivity index (χ1v) is 6.17. The van der Waals surface area contributed by atoms with E-state index in [1.54, 1.807) is 6.92 Å². The van der Waals surface area contributed by atoms with Gasteiger partial charge >= 0.3 is 0 Å². The Hall–Kier alpha value is -1.19. The molecule has 0 saturated carbocycles. The summed E-state index contributed by atoms with van der Waals surface area (Å²) in [7, 11) is 0. The summed E-state index contributed by atoms with van der Waals surface area (Å²) in [6.45, 7) is 3.39. The van der Waals surface area contributed by atoms with Crippen LogP contribution in [0.25, 0.3) is 0 Å². The van der Waals surface area contributed by atoms with Crippen molar-refractivity contribution in [2.45, 2.75) is 31.9 Å². The van der Waals surface area contributed by atoms with Crippen molar-refractivity contribution in [1.29, 1.82) is 0 Å². The van der Waals surface area contributed by atoms with Crippen molar-refractivity contribution in [3.8, 4) is 0 Å². The topological polar surface area (TPSA) is 40.5 Å². The summed E-state index contributed by atoms with van der Waals surface area (Å²) in [4.78, 5) is 13.8. The van der Waals surface area contributed by atoms with Gasteiger partial charge in [-0.05, 0) is 38.4 Å². The van der Waals surface area contributed by atoms with E-state index in [1.807, 2.05) is 30.3 Å². The minimum absolute atomic E-state index is 0.0447. The molecule has 1 saturated heterocycles. The Bertz CT molecular complexity index is 371. The molecule has 3 heteroatoms. The molecule has 1 fully saturated rings. The summed E-state index contributed by atoms with van der Waals surface area (Å²) in [5.41, 5.74) is 0.819. The van der Waals surface area contributed by atoms with Crippen molar-refractivity contribution in [2.24, 2.45) is 0 Å². The number of rotatable bonds is 4. The molecule has 3 nitrogen and oxygen atoms in total. The van der Waals surface area contributed by atoms with Crippen LogP contribution < -0.4 is 0 Å². The van der Waals surface area contributed by atoms with E-state index in [9.17, 15) is 9.90 Å². The number of hydrogen-bond donors (Lipinski definition) is 1. The zero-order valence-electron chi connectivity index (χ0n) is 10.2. The van der Waals surface area contributed by atoms with Gasteiger partial charge in [0, 0.05) is 0 Å². The first-order chi connectivity index (χ1) is 8.20. The van der Waals surface area contributed by atoms with Crippen molar-refractivity contribution in [1.82, 2.24) is 4.90 Å². The maximum absolute atomic E-state index is 11.7. The Labute approximate surface area is 102 Å². The molecule has 0 spiro atoms. The van der Waals surface area contributed by atoms with Gasteiger partial charge in [-0.1, -0.05) is 30.3 Å². The fourth-order valence-corrected chi connectivity index (χ4v) is 2.53. The van der Waals surface area contributed by atoms with E-state index in [2.05, 4.69) is 4.90 Å². The van der Waals surface area contributed by atoms with E-state index in [0.29, 0.717) is 0 Å². The average Bonchev–Trinajstić information content (AvgIpc) is 2.83. The van der Waals surface area contributed by atoms with E-state index < -0.39 is 6.10 Å². The highest BCUT2D eigenvalue weighted by molar-refractivity contribution is 5.82. The van der Waals surface area contributed by atoms with Crippen molar-refractivity contribution in [3.05, 3.63) is 35.9 Å². The molecule has 1 aliphatic heterocycles. The normalized spacial score (nSPS) is 20.1. The van der Waals surface area contributed by atoms with Crippen LogP contribution in [0.4, 0.5) is 0 Å². The van der Waals surface area contributed by atoms with Gasteiger partial charge in [0.25, 0.3) is 0 Å². The van der Waals surface area contributed by atoms with Crippen LogP contribution in [0.5, 0.6) is 0 Å². The van der Waals surface area contributed by atoms with Crippen LogP contribution in [0.1, 0.15) is 31.4 Å². The van der Waals surface area contributed by atoms with Gasteiger partial charge in [0.15, 0.2) is 0 Å². The smallest absolute Gasteiger partial charge is 0.149 e. The molecule has 1 N–H and O–H groups in total. The fourth-order valence-electron chi connectivity index (χ4n) is 2.53. The highest BCUT2D eigenvalue weighted by Gasteiger charge is 2.32. The van der Waals surface area contributed by atoms with Crippen molar-refractivity contribution in [3.63, 3.8) is 0 Å². The van der Waals surface area contributed by atoms with E-state index in [-0.39, 0.29) is 11.8 Å². The SMILES string of the molecule is CC(=O)C(C(O)c1ccccc1)N1CCCC1. The lowest BCUT2D eigenvalue weighted by molar-refractivity contribution is -0.126. The molecule has 0 aliphatic carbocycles. The molecule has 0 amide bonds. The molecule has 1 aliphatic rings. The third kappa shape index (κ3) is 2.73. The molecule has 17 heavy (non-hydrogen) atoms. The van der Waals surface area contributed by atoms with E-state index in [1.165, 1.54) is 0 Å². The van der Waals surface area contributed by atoms with Gasteiger partial charge in [-0.15, -0.1) is 0 Å². The van der Waals surface area contributed by atoms with Gasteiger partial charge < -0.3 is 5.11 Å². The molecular formula is C14H19NO2. The quantitative estimate of drug-likeness (QED) is 0.861. The number of ketones is 1. The van der Waals surface area contributed by atoms with E-state index >= 15 is 0 Å². The van der Waals surface area contributed by atoms with Gasteiger partial charge in [-0.2, -0.15) is 0 Å². The zero-order valence-corrected chi connectivity index (χ0v) is 10.2. The zero-order chi connectivity index (χ0) is 12.3. The van der Waals surface area contributed by atoms with Gasteiger partial charge in [0.1, 0.15) is 11.9 Å². The first kappa shape index (κ1) is 12.3. The van der Waals surface area contributed by atoms with Crippen LogP contribution in [-0.2, 0) is 4.79 Å². The summed E-state index contributed by atoms with van der Waals surface area (Å²) >= 11 is 0. The van der Waals surface area contributed by atoms with Gasteiger partial charge in [0.05, 0.1) is 6.04 Å². The standard InChI is InChI=1S/C14H19NO2/c1-11(16)13(15-9-5-6-10-15)14(17)12-7-3-2-4-8-12/h2-4,7-8,13-14,17H,5-6,9-10H2,1H3. The van der Waals surface area contributed by atoms with Crippen molar-refractivity contribution in [2.75, 3.05) is 13.1 Å². The number of aliphatic hydroxyl groups is 1. The molecule has 0 aromatic heterocycles. The Morgan fingerprint density at radius 1 is 1.24 bits per heavy atom. The minimum Gasteiger partial charge on any atom is -0.386 e. The number of nitrogens with zero attached hydrogens (tertiary/aromatic N) is 1. The minimum atomic E-state index is -0.716. The highest BCUT2D eigenvalue weighted by Crippen LogP contribution is 2.24. The van der Waals surface area contributed by atoms with Gasteiger partial charge in [-0.25, -0.2) is 0 Å². The summed E-state index contributed by atoms with van der Waals surface area (Å²) in [5, 5.41) is 10.3. The summed E-state index contributed by atoms with van der Waals surface area (Å²) in [5.74, 6) is 0.0447. The van der Waals surface area contributed by atoms with Crippen LogP contribution in [0, 0.1) is 0 Å². The molecular weight excluding hydrogens is 214 g/mol. The average molecular weight is 233 g/mol. The maximum atomic E-state index is 11.7. The molecule has 0 radical (unpaired) electrons. The van der Waals surface area contributed by atoms with Gasteiger partial charge in [0.2, 0.25) is 0 Å². The lowest BCUT2D eigenvalue weighted by atomic mass is 9.98. The van der Waals surface area contributed by atoms with Crippen molar-refractivity contribution >= 4 is 5.78 Å². The molecule has 0 bridgehead atoms. The number of benzene rings is 1. The Kier molecular flexibility index (Phi) is 3.92. The summed E-state index contributed by atoms with van der Waals surface area (Å²) in [6, 6.07) is 9.04. The van der Waals surface area contributed by atoms with Crippen LogP contribution in [0.2, 0.25) is 0 Å². The lowest BCUT2D eigenvalue weighted by Gasteiger charge is -2.29.